The van der Waals surface area contributed by atoms with Crippen molar-refractivity contribution in [2.45, 2.75) is 40.8 Å². The van der Waals surface area contributed by atoms with Gasteiger partial charge in [-0.05, 0) is 43.5 Å². The van der Waals surface area contributed by atoms with Gasteiger partial charge in [0, 0.05) is 28.9 Å². The number of fused-ring (bicyclic) bond motifs is 1. The Kier molecular flexibility index (Phi) is 6.19. The van der Waals surface area contributed by atoms with Crippen LogP contribution in [0.1, 0.15) is 41.6 Å². The van der Waals surface area contributed by atoms with Gasteiger partial charge in [-0.3, -0.25) is 9.59 Å². The number of ether oxygens (including phenoxy) is 1. The molecule has 1 aromatic carbocycles. The van der Waals surface area contributed by atoms with Crippen molar-refractivity contribution in [2.75, 3.05) is 6.61 Å². The lowest BCUT2D eigenvalue weighted by Crippen LogP contribution is -2.27. The highest BCUT2D eigenvalue weighted by Crippen LogP contribution is 2.28. The van der Waals surface area contributed by atoms with Crippen molar-refractivity contribution in [1.82, 2.24) is 9.88 Å². The number of pyridine rings is 1. The second-order valence-electron chi connectivity index (χ2n) is 7.20. The summed E-state index contributed by atoms with van der Waals surface area (Å²) in [6.07, 6.45) is 1.82. The van der Waals surface area contributed by atoms with Gasteiger partial charge in [0.15, 0.2) is 0 Å². The molecule has 3 aromatic rings. The number of amides is 1. The van der Waals surface area contributed by atoms with E-state index in [0.717, 1.165) is 20.9 Å². The van der Waals surface area contributed by atoms with Gasteiger partial charge in [-0.1, -0.05) is 26.0 Å². The Balaban J connectivity index is 1.88. The van der Waals surface area contributed by atoms with E-state index < -0.39 is 0 Å². The Morgan fingerprint density at radius 1 is 1.29 bits per heavy atom. The first-order valence-electron chi connectivity index (χ1n) is 9.53. The summed E-state index contributed by atoms with van der Waals surface area (Å²) in [7, 11) is 0. The van der Waals surface area contributed by atoms with E-state index in [-0.39, 0.29) is 11.5 Å². The molecule has 28 heavy (non-hydrogen) atoms. The van der Waals surface area contributed by atoms with Crippen molar-refractivity contribution < 1.29 is 9.53 Å². The Morgan fingerprint density at radius 3 is 2.79 bits per heavy atom. The molecule has 2 heterocycles. The molecule has 0 radical (unpaired) electrons. The number of thiophene rings is 1. The van der Waals surface area contributed by atoms with Gasteiger partial charge in [-0.2, -0.15) is 0 Å². The third-order valence-corrected chi connectivity index (χ3v) is 5.51. The average Bonchev–Trinajstić information content (AvgIpc) is 2.99. The largest absolute Gasteiger partial charge is 0.494 e. The number of hydrogen-bond acceptors (Lipinski definition) is 4. The van der Waals surface area contributed by atoms with Crippen molar-refractivity contribution in [3.63, 3.8) is 0 Å². The molecule has 0 saturated carbocycles. The third-order valence-electron chi connectivity index (χ3n) is 4.44. The maximum Gasteiger partial charge on any atom is 0.260 e. The molecule has 0 aliphatic carbocycles. The summed E-state index contributed by atoms with van der Waals surface area (Å²) in [6.45, 7) is 9.57. The molecule has 3 rings (SSSR count). The fourth-order valence-electron chi connectivity index (χ4n) is 3.26. The van der Waals surface area contributed by atoms with E-state index >= 15 is 0 Å². The number of rotatable bonds is 7. The Labute approximate surface area is 169 Å². The molecule has 0 aliphatic heterocycles. The molecule has 5 nitrogen and oxygen atoms in total. The van der Waals surface area contributed by atoms with Gasteiger partial charge in [0.05, 0.1) is 17.6 Å². The number of hydrogen-bond donors (Lipinski definition) is 1. The van der Waals surface area contributed by atoms with Gasteiger partial charge < -0.3 is 14.6 Å². The molecule has 0 unspecified atom stereocenters. The van der Waals surface area contributed by atoms with Crippen molar-refractivity contribution in [2.24, 2.45) is 5.92 Å². The number of aromatic nitrogens is 1. The van der Waals surface area contributed by atoms with Crippen LogP contribution in [-0.4, -0.2) is 17.1 Å². The minimum atomic E-state index is -0.218. The standard InChI is InChI=1S/C22H26N2O3S/c1-5-27-17-8-6-7-16(11-17)12-23-21(25)19-15(4)28-18-9-10-24(13-14(2)3)22(26)20(18)19/h6-11,14H,5,12-13H2,1-4H3,(H,23,25). The van der Waals surface area contributed by atoms with Gasteiger partial charge >= 0.3 is 0 Å². The second kappa shape index (κ2) is 8.61. The molecule has 0 saturated heterocycles. The third kappa shape index (κ3) is 4.28. The highest BCUT2D eigenvalue weighted by atomic mass is 32.1. The zero-order chi connectivity index (χ0) is 20.3. The molecule has 0 bridgehead atoms. The average molecular weight is 399 g/mol. The van der Waals surface area contributed by atoms with E-state index in [1.54, 1.807) is 4.57 Å². The van der Waals surface area contributed by atoms with Gasteiger partial charge in [0.25, 0.3) is 11.5 Å². The van der Waals surface area contributed by atoms with Gasteiger partial charge in [0.2, 0.25) is 0 Å². The Bertz CT molecular complexity index is 1050. The van der Waals surface area contributed by atoms with Gasteiger partial charge in [0.1, 0.15) is 5.75 Å². The van der Waals surface area contributed by atoms with Crippen LogP contribution in [-0.2, 0) is 13.1 Å². The normalized spacial score (nSPS) is 11.2. The Hall–Kier alpha value is -2.60. The highest BCUT2D eigenvalue weighted by Gasteiger charge is 2.20. The molecule has 1 N–H and O–H groups in total. The van der Waals surface area contributed by atoms with Crippen LogP contribution < -0.4 is 15.6 Å². The van der Waals surface area contributed by atoms with Crippen LogP contribution in [0.25, 0.3) is 10.1 Å². The minimum Gasteiger partial charge on any atom is -0.494 e. The SMILES string of the molecule is CCOc1cccc(CNC(=O)c2c(C)sc3ccn(CC(C)C)c(=O)c23)c1. The Morgan fingerprint density at radius 2 is 2.07 bits per heavy atom. The lowest BCUT2D eigenvalue weighted by atomic mass is 10.1. The molecular formula is C22H26N2O3S. The molecule has 148 valence electrons. The molecule has 0 atom stereocenters. The van der Waals surface area contributed by atoms with E-state index in [9.17, 15) is 9.59 Å². The number of nitrogens with one attached hydrogen (secondary N) is 1. The first kappa shape index (κ1) is 20.1. The summed E-state index contributed by atoms with van der Waals surface area (Å²) >= 11 is 1.49. The summed E-state index contributed by atoms with van der Waals surface area (Å²) in [5.41, 5.74) is 1.34. The number of nitrogens with zero attached hydrogens (tertiary/aromatic N) is 1. The predicted octanol–water partition coefficient (Wildman–Crippen LogP) is 4.36. The number of carbonyl (C=O) groups is 1. The topological polar surface area (TPSA) is 60.3 Å². The summed E-state index contributed by atoms with van der Waals surface area (Å²) in [4.78, 5) is 26.7. The van der Waals surface area contributed by atoms with E-state index in [4.69, 9.17) is 4.74 Å². The van der Waals surface area contributed by atoms with Crippen molar-refractivity contribution >= 4 is 27.3 Å². The summed E-state index contributed by atoms with van der Waals surface area (Å²) in [6, 6.07) is 9.58. The number of benzene rings is 1. The smallest absolute Gasteiger partial charge is 0.260 e. The molecule has 0 aliphatic rings. The molecule has 0 fully saturated rings. The van der Waals surface area contributed by atoms with E-state index in [1.807, 2.05) is 50.4 Å². The highest BCUT2D eigenvalue weighted by molar-refractivity contribution is 7.19. The predicted molar refractivity (Wildman–Crippen MR) is 114 cm³/mol. The van der Waals surface area contributed by atoms with E-state index in [0.29, 0.717) is 36.6 Å². The zero-order valence-corrected chi connectivity index (χ0v) is 17.6. The number of carbonyl (C=O) groups excluding carboxylic acids is 1. The van der Waals surface area contributed by atoms with E-state index in [2.05, 4.69) is 19.2 Å². The van der Waals surface area contributed by atoms with Crippen LogP contribution in [0.2, 0.25) is 0 Å². The molecule has 6 heteroatoms. The van der Waals surface area contributed by atoms with Crippen LogP contribution in [0.4, 0.5) is 0 Å². The van der Waals surface area contributed by atoms with Crippen LogP contribution in [0.3, 0.4) is 0 Å². The fraction of sp³-hybridized carbons (Fsp3) is 0.364. The first-order chi connectivity index (χ1) is 13.4. The van der Waals surface area contributed by atoms with Gasteiger partial charge in [-0.15, -0.1) is 11.3 Å². The van der Waals surface area contributed by atoms with Crippen LogP contribution in [0.15, 0.2) is 41.3 Å². The molecule has 1 amide bonds. The van der Waals surface area contributed by atoms with Crippen molar-refractivity contribution in [1.29, 1.82) is 0 Å². The molecule has 2 aromatic heterocycles. The maximum absolute atomic E-state index is 13.0. The van der Waals surface area contributed by atoms with Crippen LogP contribution in [0, 0.1) is 12.8 Å². The molecule has 0 spiro atoms. The van der Waals surface area contributed by atoms with E-state index in [1.165, 1.54) is 11.3 Å². The number of aryl methyl sites for hydroxylation is 1. The van der Waals surface area contributed by atoms with Crippen molar-refractivity contribution in [3.8, 4) is 5.75 Å². The lowest BCUT2D eigenvalue weighted by molar-refractivity contribution is 0.0952. The minimum absolute atomic E-state index is 0.0981. The fourth-order valence-corrected chi connectivity index (χ4v) is 4.31. The lowest BCUT2D eigenvalue weighted by Gasteiger charge is -2.10. The molecular weight excluding hydrogens is 372 g/mol. The second-order valence-corrected chi connectivity index (χ2v) is 8.46. The summed E-state index contributed by atoms with van der Waals surface area (Å²) in [5.74, 6) is 0.915. The van der Waals surface area contributed by atoms with Crippen LogP contribution >= 0.6 is 11.3 Å². The summed E-state index contributed by atoms with van der Waals surface area (Å²) < 4.78 is 8.06. The summed E-state index contributed by atoms with van der Waals surface area (Å²) in [5, 5.41) is 3.47. The van der Waals surface area contributed by atoms with Crippen LogP contribution in [0.5, 0.6) is 5.75 Å². The monoisotopic (exact) mass is 398 g/mol. The first-order valence-corrected chi connectivity index (χ1v) is 10.3. The maximum atomic E-state index is 13.0. The van der Waals surface area contributed by atoms with Crippen molar-refractivity contribution in [3.05, 3.63) is 62.9 Å². The zero-order valence-electron chi connectivity index (χ0n) is 16.7. The quantitative estimate of drug-likeness (QED) is 0.643. The van der Waals surface area contributed by atoms with Gasteiger partial charge in [-0.25, -0.2) is 0 Å².